The normalized spacial score (nSPS) is 15.8. The fourth-order valence-corrected chi connectivity index (χ4v) is 3.69. The van der Waals surface area contributed by atoms with Gasteiger partial charge in [-0.3, -0.25) is 14.2 Å². The van der Waals surface area contributed by atoms with Crippen molar-refractivity contribution in [2.45, 2.75) is 19.5 Å². The van der Waals surface area contributed by atoms with Crippen LogP contribution in [0.2, 0.25) is 0 Å². The van der Waals surface area contributed by atoms with Crippen molar-refractivity contribution in [3.63, 3.8) is 0 Å². The second-order valence-electron chi connectivity index (χ2n) is 7.95. The highest BCUT2D eigenvalue weighted by atomic mass is 19.1. The third-order valence-electron chi connectivity index (χ3n) is 5.39. The van der Waals surface area contributed by atoms with Crippen molar-refractivity contribution in [3.05, 3.63) is 66.5 Å². The molecule has 1 unspecified atom stereocenters. The number of carbonyl (C=O) groups is 1. The van der Waals surface area contributed by atoms with E-state index in [1.807, 2.05) is 37.2 Å². The monoisotopic (exact) mass is 450 g/mol. The van der Waals surface area contributed by atoms with E-state index in [1.54, 1.807) is 23.0 Å². The highest BCUT2D eigenvalue weighted by molar-refractivity contribution is 5.75. The first-order valence-electron chi connectivity index (χ1n) is 10.5. The summed E-state index contributed by atoms with van der Waals surface area (Å²) in [5.74, 6) is 0.0242. The quantitative estimate of drug-likeness (QED) is 0.473. The fourth-order valence-electron chi connectivity index (χ4n) is 3.69. The molecule has 0 saturated carbocycles. The van der Waals surface area contributed by atoms with Crippen molar-refractivity contribution in [1.82, 2.24) is 24.3 Å². The van der Waals surface area contributed by atoms with E-state index >= 15 is 0 Å². The maximum atomic E-state index is 14.2. The topological polar surface area (TPSA) is 75.4 Å². The van der Waals surface area contributed by atoms with Gasteiger partial charge in [-0.05, 0) is 50.2 Å². The van der Waals surface area contributed by atoms with E-state index in [0.29, 0.717) is 30.1 Å². The number of likely N-dealkylation sites (tertiary alicyclic amines) is 1. The van der Waals surface area contributed by atoms with Crippen LogP contribution in [-0.4, -0.2) is 57.0 Å². The van der Waals surface area contributed by atoms with E-state index in [9.17, 15) is 13.6 Å². The number of amides is 1. The van der Waals surface area contributed by atoms with Gasteiger partial charge in [0.05, 0.1) is 11.4 Å². The molecular weight excluding hydrogens is 426 g/mol. The number of halogens is 2. The minimum absolute atomic E-state index is 0.290. The van der Waals surface area contributed by atoms with Crippen LogP contribution in [0.4, 0.5) is 14.5 Å². The van der Waals surface area contributed by atoms with Crippen LogP contribution in [-0.2, 0) is 4.79 Å². The Hall–Kier alpha value is -3.72. The molecule has 0 radical (unpaired) electrons. The first-order valence-corrected chi connectivity index (χ1v) is 10.5. The summed E-state index contributed by atoms with van der Waals surface area (Å²) in [6.07, 6.45) is 7.71. The Balaban J connectivity index is 0.000000318. The van der Waals surface area contributed by atoms with Crippen molar-refractivity contribution in [3.8, 4) is 22.5 Å². The molecule has 1 aliphatic rings. The number of aromatic nitrogens is 4. The van der Waals surface area contributed by atoms with E-state index in [-0.39, 0.29) is 5.56 Å². The number of nitrogens with one attached hydrogen (secondary N) is 1. The van der Waals surface area contributed by atoms with Crippen LogP contribution in [0, 0.1) is 12.7 Å². The second kappa shape index (κ2) is 9.83. The Kier molecular flexibility index (Phi) is 6.69. The summed E-state index contributed by atoms with van der Waals surface area (Å²) >= 11 is 0. The number of benzene rings is 1. The maximum absolute atomic E-state index is 14.2. The molecule has 1 aliphatic heterocycles. The lowest BCUT2D eigenvalue weighted by Gasteiger charge is -2.04. The first kappa shape index (κ1) is 22.5. The van der Waals surface area contributed by atoms with E-state index in [1.165, 1.54) is 18.2 Å². The van der Waals surface area contributed by atoms with Gasteiger partial charge in [0.1, 0.15) is 12.0 Å². The number of anilines is 1. The number of rotatable bonds is 4. The van der Waals surface area contributed by atoms with Crippen LogP contribution in [0.15, 0.2) is 55.1 Å². The Morgan fingerprint density at radius 1 is 1.21 bits per heavy atom. The third-order valence-corrected chi connectivity index (χ3v) is 5.39. The van der Waals surface area contributed by atoms with Crippen LogP contribution in [0.3, 0.4) is 0 Å². The molecule has 1 amide bonds. The minimum atomic E-state index is -0.551. The summed E-state index contributed by atoms with van der Waals surface area (Å²) in [6.45, 7) is 3.55. The molecule has 7 nitrogen and oxygen atoms in total. The van der Waals surface area contributed by atoms with Crippen LogP contribution < -0.4 is 5.32 Å². The van der Waals surface area contributed by atoms with Crippen molar-refractivity contribution in [1.29, 1.82) is 0 Å². The molecular formula is C24H24F2N6O. The summed E-state index contributed by atoms with van der Waals surface area (Å²) in [5, 5.41) is 2.51. The molecule has 1 N–H and O–H groups in total. The van der Waals surface area contributed by atoms with Crippen LogP contribution in [0.25, 0.3) is 28.3 Å². The van der Waals surface area contributed by atoms with Gasteiger partial charge in [0.2, 0.25) is 12.2 Å². The Bertz CT molecular complexity index is 1270. The molecule has 9 heteroatoms. The molecule has 3 aromatic heterocycles. The lowest BCUT2D eigenvalue weighted by molar-refractivity contribution is -0.105. The molecule has 1 saturated heterocycles. The van der Waals surface area contributed by atoms with Crippen molar-refractivity contribution in [2.75, 3.05) is 25.5 Å². The molecule has 0 aliphatic carbocycles. The van der Waals surface area contributed by atoms with Gasteiger partial charge in [-0.1, -0.05) is 6.07 Å². The third kappa shape index (κ3) is 5.20. The zero-order chi connectivity index (χ0) is 23.4. The lowest BCUT2D eigenvalue weighted by atomic mass is 10.1. The average Bonchev–Trinajstić information content (AvgIpc) is 3.40. The van der Waals surface area contributed by atoms with Gasteiger partial charge < -0.3 is 10.2 Å². The highest BCUT2D eigenvalue weighted by Gasteiger charge is 2.17. The number of carbonyl (C=O) groups excluding carboxylic acids is 1. The molecule has 1 fully saturated rings. The number of hydrogen-bond donors (Lipinski definition) is 1. The standard InChI is InChI=1S/C19H14FN5O.C5H10FN/c1-12-3-2-6-21-18(12)13-8-22-19-24-17(10-25(19)9-13)15-7-14(23-11-26)4-5-16(15)20;1-7-3-2-5(6)4-7/h2-11H,1H3,(H,23,26);5H,2-4H2,1H3. The summed E-state index contributed by atoms with van der Waals surface area (Å²) in [5.41, 5.74) is 3.92. The van der Waals surface area contributed by atoms with Crippen molar-refractivity contribution in [2.24, 2.45) is 0 Å². The Morgan fingerprint density at radius 3 is 2.73 bits per heavy atom. The Morgan fingerprint density at radius 2 is 2.06 bits per heavy atom. The summed E-state index contributed by atoms with van der Waals surface area (Å²) in [4.78, 5) is 25.7. The van der Waals surface area contributed by atoms with Crippen LogP contribution in [0.5, 0.6) is 0 Å². The van der Waals surface area contributed by atoms with Crippen molar-refractivity contribution >= 4 is 17.9 Å². The Labute approximate surface area is 190 Å². The number of alkyl halides is 1. The molecule has 5 rings (SSSR count). The largest absolute Gasteiger partial charge is 0.329 e. The molecule has 1 atom stereocenters. The molecule has 0 bridgehead atoms. The zero-order valence-electron chi connectivity index (χ0n) is 18.4. The second-order valence-corrected chi connectivity index (χ2v) is 7.95. The van der Waals surface area contributed by atoms with E-state index in [0.717, 1.165) is 29.8 Å². The summed E-state index contributed by atoms with van der Waals surface area (Å²) in [6, 6.07) is 8.18. The zero-order valence-corrected chi connectivity index (χ0v) is 18.4. The predicted molar refractivity (Wildman–Crippen MR) is 123 cm³/mol. The molecule has 4 aromatic rings. The van der Waals surface area contributed by atoms with Crippen LogP contribution >= 0.6 is 0 Å². The summed E-state index contributed by atoms with van der Waals surface area (Å²) in [7, 11) is 1.94. The highest BCUT2D eigenvalue weighted by Crippen LogP contribution is 2.26. The lowest BCUT2D eigenvalue weighted by Crippen LogP contribution is -2.13. The van der Waals surface area contributed by atoms with Gasteiger partial charge in [-0.25, -0.2) is 18.7 Å². The van der Waals surface area contributed by atoms with Crippen LogP contribution in [0.1, 0.15) is 12.0 Å². The van der Waals surface area contributed by atoms with Gasteiger partial charge in [-0.2, -0.15) is 0 Å². The molecule has 4 heterocycles. The van der Waals surface area contributed by atoms with Gasteiger partial charge in [0.15, 0.2) is 0 Å². The number of fused-ring (bicyclic) bond motifs is 1. The fraction of sp³-hybridized carbons (Fsp3) is 0.250. The van der Waals surface area contributed by atoms with E-state index in [2.05, 4.69) is 20.3 Å². The molecule has 33 heavy (non-hydrogen) atoms. The number of aryl methyl sites for hydroxylation is 1. The predicted octanol–water partition coefficient (Wildman–Crippen LogP) is 4.13. The van der Waals surface area contributed by atoms with E-state index < -0.39 is 12.0 Å². The maximum Gasteiger partial charge on any atom is 0.234 e. The minimum Gasteiger partial charge on any atom is -0.329 e. The average molecular weight is 450 g/mol. The number of pyridine rings is 1. The first-order chi connectivity index (χ1) is 15.9. The summed E-state index contributed by atoms with van der Waals surface area (Å²) < 4.78 is 28.1. The van der Waals surface area contributed by atoms with Crippen molar-refractivity contribution < 1.29 is 13.6 Å². The molecule has 1 aromatic carbocycles. The smallest absolute Gasteiger partial charge is 0.234 e. The number of imidazole rings is 1. The van der Waals surface area contributed by atoms with Gasteiger partial charge in [-0.15, -0.1) is 0 Å². The number of hydrogen-bond acceptors (Lipinski definition) is 5. The van der Waals surface area contributed by atoms with Gasteiger partial charge in [0.25, 0.3) is 0 Å². The molecule has 0 spiro atoms. The molecule has 170 valence electrons. The van der Waals surface area contributed by atoms with Gasteiger partial charge >= 0.3 is 0 Å². The van der Waals surface area contributed by atoms with E-state index in [4.69, 9.17) is 0 Å². The number of nitrogens with zero attached hydrogens (tertiary/aromatic N) is 5. The van der Waals surface area contributed by atoms with Gasteiger partial charge in [0, 0.05) is 54.7 Å². The SMILES string of the molecule is CN1CCC(F)C1.Cc1cccnc1-c1cnc2nc(-c3cc(NC=O)ccc3F)cn2c1.